The van der Waals surface area contributed by atoms with Gasteiger partial charge in [0.05, 0.1) is 6.54 Å². The van der Waals surface area contributed by atoms with E-state index in [0.29, 0.717) is 18.1 Å². The van der Waals surface area contributed by atoms with Crippen LogP contribution >= 0.6 is 0 Å². The molecule has 0 atom stereocenters. The van der Waals surface area contributed by atoms with E-state index in [1.54, 1.807) is 6.20 Å². The number of nitrogens with zero attached hydrogens (tertiary/aromatic N) is 7. The molecule has 0 bridgehead atoms. The maximum absolute atomic E-state index is 4.87. The summed E-state index contributed by atoms with van der Waals surface area (Å²) in [5, 5.41) is 19.2. The molecule has 34 heavy (non-hydrogen) atoms. The highest BCUT2D eigenvalue weighted by atomic mass is 15.5. The summed E-state index contributed by atoms with van der Waals surface area (Å²) in [7, 11) is 0. The number of benzene rings is 2. The second-order valence-electron chi connectivity index (χ2n) is 8.20. The normalized spacial score (nSPS) is 11.1. The number of aromatic nitrogens is 8. The molecule has 0 aliphatic carbocycles. The third kappa shape index (κ3) is 4.91. The van der Waals surface area contributed by atoms with Crippen LogP contribution < -0.4 is 0 Å². The Kier molecular flexibility index (Phi) is 6.47. The van der Waals surface area contributed by atoms with Crippen molar-refractivity contribution < 1.29 is 0 Å². The van der Waals surface area contributed by atoms with Gasteiger partial charge in [-0.15, -0.1) is 10.2 Å². The van der Waals surface area contributed by atoms with Crippen LogP contribution in [0.25, 0.3) is 22.6 Å². The SMILES string of the molecule is CCCCc1nc(Cc2ccccc2)nn1Cc1ccc(-c2cccnc2-c2nn[nH]n2)cc1. The first-order valence-corrected chi connectivity index (χ1v) is 11.5. The van der Waals surface area contributed by atoms with Gasteiger partial charge in [-0.2, -0.15) is 10.3 Å². The van der Waals surface area contributed by atoms with Gasteiger partial charge in [-0.3, -0.25) is 4.98 Å². The van der Waals surface area contributed by atoms with Crippen LogP contribution in [0.2, 0.25) is 0 Å². The van der Waals surface area contributed by atoms with Crippen molar-refractivity contribution in [3.8, 4) is 22.6 Å². The summed E-state index contributed by atoms with van der Waals surface area (Å²) in [6.45, 7) is 2.89. The molecule has 0 spiro atoms. The first-order valence-electron chi connectivity index (χ1n) is 11.5. The number of aryl methyl sites for hydroxylation is 1. The Hall–Kier alpha value is -4.20. The molecule has 5 aromatic rings. The Bertz CT molecular complexity index is 1330. The van der Waals surface area contributed by atoms with Crippen molar-refractivity contribution in [3.63, 3.8) is 0 Å². The summed E-state index contributed by atoms with van der Waals surface area (Å²) < 4.78 is 2.05. The molecule has 0 aliphatic heterocycles. The Labute approximate surface area is 198 Å². The lowest BCUT2D eigenvalue weighted by atomic mass is 10.0. The van der Waals surface area contributed by atoms with Gasteiger partial charge in [-0.05, 0) is 34.4 Å². The van der Waals surface area contributed by atoms with E-state index < -0.39 is 0 Å². The lowest BCUT2D eigenvalue weighted by Gasteiger charge is -2.09. The van der Waals surface area contributed by atoms with Crippen molar-refractivity contribution in [1.29, 1.82) is 0 Å². The van der Waals surface area contributed by atoms with Gasteiger partial charge in [0.25, 0.3) is 0 Å². The van der Waals surface area contributed by atoms with E-state index in [2.05, 4.69) is 85.7 Å². The standard InChI is InChI=1S/C26H26N8/c1-2-3-11-24-28-23(17-19-8-5-4-6-9-19)31-34(24)18-20-12-14-21(15-13-20)22-10-7-16-27-25(22)26-29-32-33-30-26/h4-10,12-16H,2-3,11,17-18H2,1H3,(H,29,30,32,33). The van der Waals surface area contributed by atoms with E-state index in [4.69, 9.17) is 10.1 Å². The zero-order chi connectivity index (χ0) is 23.2. The number of rotatable bonds is 9. The van der Waals surface area contributed by atoms with Gasteiger partial charge < -0.3 is 0 Å². The summed E-state index contributed by atoms with van der Waals surface area (Å²) in [4.78, 5) is 9.32. The number of pyridine rings is 1. The average molecular weight is 451 g/mol. The van der Waals surface area contributed by atoms with Crippen LogP contribution in [0, 0.1) is 0 Å². The van der Waals surface area contributed by atoms with Crippen molar-refractivity contribution in [3.05, 3.63) is 95.7 Å². The predicted molar refractivity (Wildman–Crippen MR) is 130 cm³/mol. The highest BCUT2D eigenvalue weighted by molar-refractivity contribution is 5.77. The van der Waals surface area contributed by atoms with Gasteiger partial charge >= 0.3 is 0 Å². The minimum absolute atomic E-state index is 0.480. The van der Waals surface area contributed by atoms with Gasteiger partial charge in [0.1, 0.15) is 11.5 Å². The number of H-pyrrole nitrogens is 1. The first kappa shape index (κ1) is 21.6. The third-order valence-electron chi connectivity index (χ3n) is 5.71. The van der Waals surface area contributed by atoms with Gasteiger partial charge in [0.15, 0.2) is 5.82 Å². The molecule has 0 radical (unpaired) electrons. The van der Waals surface area contributed by atoms with Crippen LogP contribution in [0.5, 0.6) is 0 Å². The Morgan fingerprint density at radius 1 is 0.912 bits per heavy atom. The molecule has 0 saturated heterocycles. The Morgan fingerprint density at radius 3 is 2.53 bits per heavy atom. The molecule has 0 unspecified atom stereocenters. The smallest absolute Gasteiger partial charge is 0.223 e. The zero-order valence-corrected chi connectivity index (χ0v) is 19.1. The maximum Gasteiger partial charge on any atom is 0.223 e. The number of tetrazole rings is 1. The molecule has 1 N–H and O–H groups in total. The van der Waals surface area contributed by atoms with Crippen LogP contribution in [0.4, 0.5) is 0 Å². The third-order valence-corrected chi connectivity index (χ3v) is 5.71. The molecule has 8 nitrogen and oxygen atoms in total. The summed E-state index contributed by atoms with van der Waals surface area (Å²) in [6.07, 6.45) is 5.64. The van der Waals surface area contributed by atoms with Crippen molar-refractivity contribution in [2.75, 3.05) is 0 Å². The molecule has 5 rings (SSSR count). The lowest BCUT2D eigenvalue weighted by molar-refractivity contribution is 0.615. The molecule has 170 valence electrons. The summed E-state index contributed by atoms with van der Waals surface area (Å²) in [5.41, 5.74) is 5.10. The fourth-order valence-electron chi connectivity index (χ4n) is 3.97. The molecule has 0 amide bonds. The van der Waals surface area contributed by atoms with E-state index >= 15 is 0 Å². The molecule has 8 heteroatoms. The highest BCUT2D eigenvalue weighted by Gasteiger charge is 2.14. The van der Waals surface area contributed by atoms with E-state index in [0.717, 1.165) is 48.5 Å². The number of unbranched alkanes of at least 4 members (excludes halogenated alkanes) is 1. The molecular formula is C26H26N8. The van der Waals surface area contributed by atoms with Gasteiger partial charge in [0.2, 0.25) is 5.82 Å². The molecule has 0 aliphatic rings. The molecule has 2 aromatic carbocycles. The monoisotopic (exact) mass is 450 g/mol. The molecule has 3 heterocycles. The van der Waals surface area contributed by atoms with Crippen molar-refractivity contribution in [2.45, 2.75) is 39.2 Å². The number of aromatic amines is 1. The molecule has 0 fully saturated rings. The summed E-state index contributed by atoms with van der Waals surface area (Å²) >= 11 is 0. The average Bonchev–Trinajstić information content (AvgIpc) is 3.54. The Balaban J connectivity index is 1.38. The fraction of sp³-hybridized carbons (Fsp3) is 0.231. The molecule has 3 aromatic heterocycles. The van der Waals surface area contributed by atoms with Crippen LogP contribution in [0.3, 0.4) is 0 Å². The number of nitrogens with one attached hydrogen (secondary N) is 1. The molecule has 0 saturated carbocycles. The molecular weight excluding hydrogens is 424 g/mol. The maximum atomic E-state index is 4.87. The lowest BCUT2D eigenvalue weighted by Crippen LogP contribution is -2.07. The predicted octanol–water partition coefficient (Wildman–Crippen LogP) is 4.50. The van der Waals surface area contributed by atoms with E-state index in [9.17, 15) is 0 Å². The number of hydrogen-bond acceptors (Lipinski definition) is 6. The summed E-state index contributed by atoms with van der Waals surface area (Å²) in [5.74, 6) is 2.39. The van der Waals surface area contributed by atoms with E-state index in [1.807, 2.05) is 18.2 Å². The highest BCUT2D eigenvalue weighted by Crippen LogP contribution is 2.28. The second-order valence-corrected chi connectivity index (χ2v) is 8.20. The van der Waals surface area contributed by atoms with E-state index in [-0.39, 0.29) is 0 Å². The van der Waals surface area contributed by atoms with Gasteiger partial charge in [0, 0.05) is 24.6 Å². The largest absolute Gasteiger partial charge is 0.252 e. The number of hydrogen-bond donors (Lipinski definition) is 1. The first-order chi connectivity index (χ1) is 16.8. The minimum atomic E-state index is 0.480. The minimum Gasteiger partial charge on any atom is -0.252 e. The topological polar surface area (TPSA) is 98.1 Å². The van der Waals surface area contributed by atoms with Gasteiger partial charge in [-0.1, -0.05) is 74.0 Å². The van der Waals surface area contributed by atoms with Crippen LogP contribution in [-0.4, -0.2) is 40.4 Å². The second kappa shape index (κ2) is 10.2. The van der Waals surface area contributed by atoms with Crippen molar-refractivity contribution >= 4 is 0 Å². The summed E-state index contributed by atoms with van der Waals surface area (Å²) in [6, 6.07) is 22.8. The Morgan fingerprint density at radius 2 is 1.76 bits per heavy atom. The fourth-order valence-corrected chi connectivity index (χ4v) is 3.97. The van der Waals surface area contributed by atoms with Crippen LogP contribution in [-0.2, 0) is 19.4 Å². The van der Waals surface area contributed by atoms with Gasteiger partial charge in [-0.25, -0.2) is 9.67 Å². The van der Waals surface area contributed by atoms with Crippen LogP contribution in [0.15, 0.2) is 72.9 Å². The zero-order valence-electron chi connectivity index (χ0n) is 19.1. The van der Waals surface area contributed by atoms with E-state index in [1.165, 1.54) is 11.1 Å². The van der Waals surface area contributed by atoms with Crippen LogP contribution in [0.1, 0.15) is 42.5 Å². The van der Waals surface area contributed by atoms with Crippen molar-refractivity contribution in [1.82, 2.24) is 40.4 Å². The quantitative estimate of drug-likeness (QED) is 0.355. The van der Waals surface area contributed by atoms with Crippen molar-refractivity contribution in [2.24, 2.45) is 0 Å².